The van der Waals surface area contributed by atoms with E-state index in [1.807, 2.05) is 11.0 Å². The molecule has 0 bridgehead atoms. The van der Waals surface area contributed by atoms with Crippen LogP contribution >= 0.6 is 11.3 Å². The summed E-state index contributed by atoms with van der Waals surface area (Å²) in [5.74, 6) is -2.12. The Morgan fingerprint density at radius 1 is 1.17 bits per heavy atom. The van der Waals surface area contributed by atoms with E-state index >= 15 is 4.39 Å². The van der Waals surface area contributed by atoms with Crippen LogP contribution in [0.2, 0.25) is 0 Å². The molecule has 3 N–H and O–H groups in total. The number of rotatable bonds is 6. The lowest BCUT2D eigenvalue weighted by molar-refractivity contribution is -0.137. The van der Waals surface area contributed by atoms with E-state index < -0.39 is 46.2 Å². The van der Waals surface area contributed by atoms with E-state index in [9.17, 15) is 32.3 Å². The second-order valence-electron chi connectivity index (χ2n) is 12.6. The molecule has 47 heavy (non-hydrogen) atoms. The summed E-state index contributed by atoms with van der Waals surface area (Å²) in [7, 11) is 0. The van der Waals surface area contributed by atoms with Crippen molar-refractivity contribution in [2.75, 3.05) is 50.0 Å². The lowest BCUT2D eigenvalue weighted by atomic mass is 9.92. The van der Waals surface area contributed by atoms with Crippen LogP contribution in [0.15, 0.2) is 18.2 Å². The molecule has 2 aromatic carbocycles. The van der Waals surface area contributed by atoms with Gasteiger partial charge in [0.15, 0.2) is 5.82 Å². The Hall–Kier alpha value is -3.87. The quantitative estimate of drug-likeness (QED) is 0.225. The first-order chi connectivity index (χ1) is 22.4. The highest BCUT2D eigenvalue weighted by Gasteiger charge is 2.49. The first kappa shape index (κ1) is 31.7. The van der Waals surface area contributed by atoms with Gasteiger partial charge in [-0.15, -0.1) is 11.3 Å². The van der Waals surface area contributed by atoms with Gasteiger partial charge in [-0.1, -0.05) is 6.07 Å². The van der Waals surface area contributed by atoms with Crippen molar-refractivity contribution in [3.63, 3.8) is 0 Å². The van der Waals surface area contributed by atoms with E-state index in [1.54, 1.807) is 4.90 Å². The number of nitrogen functional groups attached to an aromatic ring is 1. The van der Waals surface area contributed by atoms with Crippen LogP contribution in [0.4, 0.5) is 37.2 Å². The monoisotopic (exact) mass is 676 g/mol. The lowest BCUT2D eigenvalue weighted by Crippen LogP contribution is -2.43. The summed E-state index contributed by atoms with van der Waals surface area (Å²) >= 11 is 0.689. The maximum absolute atomic E-state index is 16.9. The molecule has 0 aliphatic carbocycles. The van der Waals surface area contributed by atoms with Gasteiger partial charge >= 0.3 is 12.2 Å². The third-order valence-electron chi connectivity index (χ3n) is 9.80. The molecule has 2 unspecified atom stereocenters. The number of hydrogen-bond acceptors (Lipinski definition) is 9. The van der Waals surface area contributed by atoms with Crippen LogP contribution in [-0.2, 0) is 6.18 Å². The van der Waals surface area contributed by atoms with Gasteiger partial charge in [-0.3, -0.25) is 4.90 Å². The van der Waals surface area contributed by atoms with E-state index in [1.165, 1.54) is 0 Å². The van der Waals surface area contributed by atoms with Crippen molar-refractivity contribution in [3.8, 4) is 23.2 Å². The van der Waals surface area contributed by atoms with Gasteiger partial charge in [0.05, 0.1) is 21.4 Å². The molecule has 15 heteroatoms. The van der Waals surface area contributed by atoms with E-state index in [-0.39, 0.29) is 75.5 Å². The van der Waals surface area contributed by atoms with Crippen molar-refractivity contribution < 1.29 is 36.2 Å². The number of thiophene rings is 1. The first-order valence-corrected chi connectivity index (χ1v) is 16.2. The Morgan fingerprint density at radius 3 is 2.64 bits per heavy atom. The number of nitrogens with two attached hydrogens (primary N) is 1. The Kier molecular flexibility index (Phi) is 7.88. The molecule has 0 radical (unpaired) electrons. The maximum atomic E-state index is 16.9. The normalized spacial score (nSPS) is 22.3. The predicted molar refractivity (Wildman–Crippen MR) is 165 cm³/mol. The number of benzene rings is 2. The number of halogens is 6. The van der Waals surface area contributed by atoms with Crippen LogP contribution in [0.25, 0.3) is 32.1 Å². The van der Waals surface area contributed by atoms with Crippen LogP contribution in [0.5, 0.6) is 6.01 Å². The summed E-state index contributed by atoms with van der Waals surface area (Å²) < 4.78 is 96.6. The van der Waals surface area contributed by atoms with Crippen molar-refractivity contribution in [2.45, 2.75) is 50.0 Å². The second-order valence-corrected chi connectivity index (χ2v) is 13.6. The highest BCUT2D eigenvalue weighted by atomic mass is 32.1. The Labute approximate surface area is 269 Å². The number of ether oxygens (including phenoxy) is 1. The molecule has 0 amide bonds. The fraction of sp³-hybridized carbons (Fsp3) is 0.469. The highest BCUT2D eigenvalue weighted by molar-refractivity contribution is 7.23. The molecule has 7 rings (SSSR count). The molecule has 248 valence electrons. The third-order valence-corrected chi connectivity index (χ3v) is 10.8. The Morgan fingerprint density at radius 2 is 1.94 bits per heavy atom. The lowest BCUT2D eigenvalue weighted by Gasteiger charge is -2.33. The molecule has 3 fully saturated rings. The summed E-state index contributed by atoms with van der Waals surface area (Å²) in [4.78, 5) is 12.5. The summed E-state index contributed by atoms with van der Waals surface area (Å²) in [5.41, 5.74) is 2.02. The number of alkyl halides is 4. The molecule has 2 atom stereocenters. The molecule has 5 heterocycles. The Balaban J connectivity index is 1.44. The van der Waals surface area contributed by atoms with Crippen LogP contribution in [0, 0.1) is 28.9 Å². The molecular weight excluding hydrogens is 646 g/mol. The van der Waals surface area contributed by atoms with Gasteiger partial charge in [-0.05, 0) is 55.8 Å². The Bertz CT molecular complexity index is 1920. The van der Waals surface area contributed by atoms with Crippen molar-refractivity contribution in [2.24, 2.45) is 5.92 Å². The number of nitriles is 1. The van der Waals surface area contributed by atoms with Crippen LogP contribution < -0.4 is 15.4 Å². The molecule has 0 spiro atoms. The summed E-state index contributed by atoms with van der Waals surface area (Å²) in [6.45, 7) is 1.62. The zero-order valence-corrected chi connectivity index (χ0v) is 25.8. The number of aliphatic hydroxyl groups is 1. The van der Waals surface area contributed by atoms with Gasteiger partial charge in [0.25, 0.3) is 0 Å². The molecule has 8 nitrogen and oxygen atoms in total. The van der Waals surface area contributed by atoms with Crippen LogP contribution in [0.3, 0.4) is 0 Å². The fourth-order valence-electron chi connectivity index (χ4n) is 7.47. The molecule has 2 aromatic heterocycles. The summed E-state index contributed by atoms with van der Waals surface area (Å²) in [5, 5.41) is 18.9. The van der Waals surface area contributed by atoms with Crippen LogP contribution in [-0.4, -0.2) is 71.1 Å². The zero-order valence-electron chi connectivity index (χ0n) is 25.0. The summed E-state index contributed by atoms with van der Waals surface area (Å²) in [6.07, 6.45) is -3.26. The first-order valence-electron chi connectivity index (χ1n) is 15.3. The number of fused-ring (bicyclic) bond motifs is 3. The smallest absolute Gasteiger partial charge is 0.417 e. The number of nitrogens with zero attached hydrogens (tertiary/aromatic N) is 5. The molecular formula is C32H30F6N6O2S. The number of aliphatic hydroxyl groups excluding tert-OH is 1. The fourth-order valence-corrected chi connectivity index (χ4v) is 8.42. The van der Waals surface area contributed by atoms with Gasteiger partial charge < -0.3 is 20.5 Å². The highest BCUT2D eigenvalue weighted by Crippen LogP contribution is 2.48. The van der Waals surface area contributed by atoms with Crippen molar-refractivity contribution >= 4 is 43.1 Å². The number of anilines is 2. The minimum absolute atomic E-state index is 0.000807. The molecule has 4 aromatic rings. The van der Waals surface area contributed by atoms with Crippen molar-refractivity contribution in [3.05, 3.63) is 41.0 Å². The second kappa shape index (κ2) is 11.7. The third kappa shape index (κ3) is 5.30. The predicted octanol–water partition coefficient (Wildman–Crippen LogP) is 6.43. The minimum Gasteiger partial charge on any atom is -0.461 e. The average molecular weight is 677 g/mol. The number of aromatic nitrogens is 2. The molecule has 0 saturated carbocycles. The van der Waals surface area contributed by atoms with Gasteiger partial charge in [-0.25, -0.2) is 13.2 Å². The number of hydrogen-bond donors (Lipinski definition) is 2. The van der Waals surface area contributed by atoms with Crippen molar-refractivity contribution in [1.82, 2.24) is 14.9 Å². The standard InChI is InChI=1S/C32H30F6N6O2S/c33-17-11-31(6-1-7-44(31)13-17)15-46-30-41-26-19(29(42-30)43-8-4-16(14-45)5-9-43)10-21(32(36,37)38)24(25(26)35)18-2-3-22(34)27-23(18)20(12-39)28(40)47-27/h2-3,10,16-17,45H,1,4-9,11,13-15,40H2. The zero-order chi connectivity index (χ0) is 33.2. The van der Waals surface area contributed by atoms with E-state index in [2.05, 4.69) is 9.97 Å². The topological polar surface area (TPSA) is 112 Å². The minimum atomic E-state index is -5.08. The molecule has 3 saturated heterocycles. The van der Waals surface area contributed by atoms with Gasteiger partial charge in [0.1, 0.15) is 41.0 Å². The maximum Gasteiger partial charge on any atom is 0.417 e. The molecule has 3 aliphatic rings. The van der Waals surface area contributed by atoms with Crippen LogP contribution in [0.1, 0.15) is 43.2 Å². The number of piperidine rings is 1. The SMILES string of the molecule is N#Cc1c(N)sc2c(F)ccc(-c3c(C(F)(F)F)cc4c(N5CCC(CO)CC5)nc(OCC56CCCN5CC(F)C6)nc4c3F)c12. The van der Waals surface area contributed by atoms with Gasteiger partial charge in [-0.2, -0.15) is 28.4 Å². The largest absolute Gasteiger partial charge is 0.461 e. The van der Waals surface area contributed by atoms with E-state index in [0.29, 0.717) is 50.2 Å². The van der Waals surface area contributed by atoms with E-state index in [4.69, 9.17) is 10.5 Å². The molecule has 3 aliphatic heterocycles. The summed E-state index contributed by atoms with van der Waals surface area (Å²) in [6, 6.07) is 4.25. The van der Waals surface area contributed by atoms with Crippen molar-refractivity contribution in [1.29, 1.82) is 5.26 Å². The average Bonchev–Trinajstić information content (AvgIpc) is 3.69. The van der Waals surface area contributed by atoms with Gasteiger partial charge in [0, 0.05) is 49.0 Å². The van der Waals surface area contributed by atoms with E-state index in [0.717, 1.165) is 24.6 Å². The van der Waals surface area contributed by atoms with Gasteiger partial charge in [0.2, 0.25) is 0 Å².